The molecule has 0 aliphatic rings. The van der Waals surface area contributed by atoms with Gasteiger partial charge in [0.25, 0.3) is 0 Å². The molecule has 0 amide bonds. The summed E-state index contributed by atoms with van der Waals surface area (Å²) in [7, 11) is -3.94. The number of hydrogen-bond donors (Lipinski definition) is 0. The third-order valence-electron chi connectivity index (χ3n) is 4.50. The van der Waals surface area contributed by atoms with Gasteiger partial charge in [0.05, 0.1) is 6.54 Å². The van der Waals surface area contributed by atoms with Gasteiger partial charge in [-0.15, -0.1) is 0 Å². The first-order valence-corrected chi connectivity index (χ1v) is 10.6. The minimum Gasteiger partial charge on any atom is -0.378 e. The molecule has 4 aromatic rings. The summed E-state index contributed by atoms with van der Waals surface area (Å²) in [5.41, 5.74) is 1.71. The Labute approximate surface area is 170 Å². The van der Waals surface area contributed by atoms with Crippen molar-refractivity contribution < 1.29 is 12.6 Å². The van der Waals surface area contributed by atoms with Gasteiger partial charge >= 0.3 is 10.1 Å². The average molecular weight is 401 g/mol. The van der Waals surface area contributed by atoms with Crippen LogP contribution in [0, 0.1) is 0 Å². The molecule has 29 heavy (non-hydrogen) atoms. The van der Waals surface area contributed by atoms with Crippen molar-refractivity contribution in [3.05, 3.63) is 108 Å². The number of nitrogens with zero attached hydrogens (tertiary/aromatic N) is 1. The van der Waals surface area contributed by atoms with E-state index in [0.29, 0.717) is 12.1 Å². The van der Waals surface area contributed by atoms with Crippen LogP contribution in [-0.4, -0.2) is 14.6 Å². The van der Waals surface area contributed by atoms with Gasteiger partial charge in [0.2, 0.25) is 0 Å². The molecule has 4 aromatic carbocycles. The SMILES string of the molecule is O=S(=O)(Oc1ccc2ccccc2c1C=NCc1ccccc1)c1ccccc1. The molecule has 0 aliphatic carbocycles. The molecule has 0 bridgehead atoms. The summed E-state index contributed by atoms with van der Waals surface area (Å²) < 4.78 is 30.9. The Morgan fingerprint density at radius 2 is 1.41 bits per heavy atom. The van der Waals surface area contributed by atoms with Gasteiger partial charge in [0, 0.05) is 11.8 Å². The van der Waals surface area contributed by atoms with Gasteiger partial charge in [-0.1, -0.05) is 78.9 Å². The maximum absolute atomic E-state index is 12.7. The Kier molecular flexibility index (Phi) is 5.40. The van der Waals surface area contributed by atoms with Crippen LogP contribution in [0.1, 0.15) is 11.1 Å². The standard InChI is InChI=1S/C24H19NO3S/c26-29(27,21-12-5-2-6-13-21)28-24-16-15-20-11-7-8-14-22(20)23(24)18-25-17-19-9-3-1-4-10-19/h1-16,18H,17H2. The number of fused-ring (bicyclic) bond motifs is 1. The fourth-order valence-electron chi connectivity index (χ4n) is 3.06. The van der Waals surface area contributed by atoms with Crippen LogP contribution in [0.2, 0.25) is 0 Å². The van der Waals surface area contributed by atoms with Crippen molar-refractivity contribution in [2.45, 2.75) is 11.4 Å². The normalized spacial score (nSPS) is 11.7. The summed E-state index contributed by atoms with van der Waals surface area (Å²) in [5, 5.41) is 1.86. The van der Waals surface area contributed by atoms with Crippen molar-refractivity contribution in [1.82, 2.24) is 0 Å². The maximum atomic E-state index is 12.7. The molecular weight excluding hydrogens is 382 g/mol. The molecule has 0 spiro atoms. The van der Waals surface area contributed by atoms with E-state index in [4.69, 9.17) is 4.18 Å². The quantitative estimate of drug-likeness (QED) is 0.328. The lowest BCUT2D eigenvalue weighted by atomic mass is 10.0. The van der Waals surface area contributed by atoms with E-state index >= 15 is 0 Å². The van der Waals surface area contributed by atoms with Crippen molar-refractivity contribution in [2.75, 3.05) is 0 Å². The Morgan fingerprint density at radius 3 is 2.17 bits per heavy atom. The van der Waals surface area contributed by atoms with Gasteiger partial charge in [-0.3, -0.25) is 4.99 Å². The lowest BCUT2D eigenvalue weighted by Gasteiger charge is -2.12. The predicted molar refractivity (Wildman–Crippen MR) is 116 cm³/mol. The van der Waals surface area contributed by atoms with E-state index in [1.54, 1.807) is 30.5 Å². The minimum atomic E-state index is -3.94. The maximum Gasteiger partial charge on any atom is 0.339 e. The van der Waals surface area contributed by atoms with E-state index in [9.17, 15) is 8.42 Å². The Morgan fingerprint density at radius 1 is 0.759 bits per heavy atom. The third-order valence-corrected chi connectivity index (χ3v) is 5.75. The highest BCUT2D eigenvalue weighted by Crippen LogP contribution is 2.29. The largest absolute Gasteiger partial charge is 0.378 e. The summed E-state index contributed by atoms with van der Waals surface area (Å²) in [6.07, 6.45) is 1.69. The van der Waals surface area contributed by atoms with Gasteiger partial charge in [-0.05, 0) is 34.5 Å². The third kappa shape index (κ3) is 4.36. The highest BCUT2D eigenvalue weighted by Gasteiger charge is 2.18. The second-order valence-corrected chi connectivity index (χ2v) is 8.05. The van der Waals surface area contributed by atoms with Crippen LogP contribution in [0.5, 0.6) is 5.75 Å². The van der Waals surface area contributed by atoms with Crippen molar-refractivity contribution in [3.63, 3.8) is 0 Å². The lowest BCUT2D eigenvalue weighted by molar-refractivity contribution is 0.486. The van der Waals surface area contributed by atoms with Crippen molar-refractivity contribution in [2.24, 2.45) is 4.99 Å². The Balaban J connectivity index is 1.73. The molecule has 0 fully saturated rings. The second-order valence-electron chi connectivity index (χ2n) is 6.50. The van der Waals surface area contributed by atoms with Gasteiger partial charge in [0.1, 0.15) is 4.90 Å². The van der Waals surface area contributed by atoms with Gasteiger partial charge in [-0.2, -0.15) is 8.42 Å². The topological polar surface area (TPSA) is 55.7 Å². The van der Waals surface area contributed by atoms with Gasteiger partial charge < -0.3 is 4.18 Å². The van der Waals surface area contributed by atoms with Crippen LogP contribution >= 0.6 is 0 Å². The Bertz CT molecular complexity index is 1250. The molecule has 0 unspecified atom stereocenters. The van der Waals surface area contributed by atoms with Gasteiger partial charge in [0.15, 0.2) is 5.75 Å². The van der Waals surface area contributed by atoms with E-state index in [2.05, 4.69) is 4.99 Å². The van der Waals surface area contributed by atoms with Crippen LogP contribution < -0.4 is 4.18 Å². The first kappa shape index (κ1) is 18.9. The number of rotatable bonds is 6. The summed E-state index contributed by atoms with van der Waals surface area (Å²) in [4.78, 5) is 4.64. The van der Waals surface area contributed by atoms with E-state index in [0.717, 1.165) is 16.3 Å². The zero-order chi connectivity index (χ0) is 20.1. The fourth-order valence-corrected chi connectivity index (χ4v) is 4.03. The van der Waals surface area contributed by atoms with Crippen molar-refractivity contribution >= 4 is 27.1 Å². The fraction of sp³-hybridized carbons (Fsp3) is 0.0417. The van der Waals surface area contributed by atoms with Crippen LogP contribution in [0.4, 0.5) is 0 Å². The highest BCUT2D eigenvalue weighted by atomic mass is 32.2. The molecule has 5 heteroatoms. The Hall–Kier alpha value is -3.44. The van der Waals surface area contributed by atoms with Crippen LogP contribution in [-0.2, 0) is 16.7 Å². The molecule has 0 heterocycles. The van der Waals surface area contributed by atoms with E-state index in [-0.39, 0.29) is 10.6 Å². The highest BCUT2D eigenvalue weighted by molar-refractivity contribution is 7.87. The van der Waals surface area contributed by atoms with Gasteiger partial charge in [-0.25, -0.2) is 0 Å². The summed E-state index contributed by atoms with van der Waals surface area (Å²) in [6, 6.07) is 29.3. The van der Waals surface area contributed by atoms with E-state index in [1.165, 1.54) is 12.1 Å². The molecule has 144 valence electrons. The van der Waals surface area contributed by atoms with Crippen molar-refractivity contribution in [1.29, 1.82) is 0 Å². The molecular formula is C24H19NO3S. The zero-order valence-electron chi connectivity index (χ0n) is 15.6. The first-order valence-electron chi connectivity index (χ1n) is 9.18. The first-order chi connectivity index (χ1) is 14.1. The predicted octanol–water partition coefficient (Wildman–Crippen LogP) is 5.23. The molecule has 4 nitrogen and oxygen atoms in total. The van der Waals surface area contributed by atoms with E-state index in [1.807, 2.05) is 60.7 Å². The van der Waals surface area contributed by atoms with Crippen LogP contribution in [0.15, 0.2) is 107 Å². The molecule has 0 N–H and O–H groups in total. The monoisotopic (exact) mass is 401 g/mol. The molecule has 0 radical (unpaired) electrons. The lowest BCUT2D eigenvalue weighted by Crippen LogP contribution is -2.11. The molecule has 4 rings (SSSR count). The summed E-state index contributed by atoms with van der Waals surface area (Å²) >= 11 is 0. The molecule has 0 saturated carbocycles. The summed E-state index contributed by atoms with van der Waals surface area (Å²) in [6.45, 7) is 0.495. The molecule has 0 aliphatic heterocycles. The molecule has 0 saturated heterocycles. The summed E-state index contributed by atoms with van der Waals surface area (Å²) in [5.74, 6) is 0.254. The second kappa shape index (κ2) is 8.29. The number of aliphatic imine (C=N–C) groups is 1. The smallest absolute Gasteiger partial charge is 0.339 e. The van der Waals surface area contributed by atoms with Crippen LogP contribution in [0.25, 0.3) is 10.8 Å². The van der Waals surface area contributed by atoms with E-state index < -0.39 is 10.1 Å². The minimum absolute atomic E-state index is 0.111. The van der Waals surface area contributed by atoms with Crippen LogP contribution in [0.3, 0.4) is 0 Å². The average Bonchev–Trinajstić information content (AvgIpc) is 2.76. The number of hydrogen-bond acceptors (Lipinski definition) is 4. The molecule has 0 aromatic heterocycles. The number of benzene rings is 4. The molecule has 0 atom stereocenters. The zero-order valence-corrected chi connectivity index (χ0v) is 16.4. The van der Waals surface area contributed by atoms with Crippen molar-refractivity contribution in [3.8, 4) is 5.75 Å².